The molecule has 7 heteroatoms. The molecule has 0 N–H and O–H groups in total. The van der Waals surface area contributed by atoms with E-state index in [4.69, 9.17) is 4.74 Å². The maximum absolute atomic E-state index is 13.3. The third-order valence-electron chi connectivity index (χ3n) is 1.66. The molecule has 0 aliphatic rings. The lowest BCUT2D eigenvalue weighted by Gasteiger charge is -2.03. The number of hydrogen-bond donors (Lipinski definition) is 0. The highest BCUT2D eigenvalue weighted by atomic mass is 79.9. The molecule has 0 fully saturated rings. The summed E-state index contributed by atoms with van der Waals surface area (Å²) in [5, 5.41) is 8.22. The van der Waals surface area contributed by atoms with Crippen LogP contribution in [0.3, 0.4) is 0 Å². The van der Waals surface area contributed by atoms with E-state index in [0.717, 1.165) is 17.4 Å². The molecule has 0 amide bonds. The Balaban J connectivity index is 2.34. The fraction of sp³-hybridized carbons (Fsp3) is 0.111. The number of ether oxygens (including phenoxy) is 1. The van der Waals surface area contributed by atoms with E-state index in [1.54, 1.807) is 6.92 Å². The third-order valence-corrected chi connectivity index (χ3v) is 2.84. The van der Waals surface area contributed by atoms with Crippen LogP contribution in [0.15, 0.2) is 16.6 Å². The van der Waals surface area contributed by atoms with Crippen LogP contribution in [0, 0.1) is 18.6 Å². The minimum absolute atomic E-state index is 0.175. The maximum Gasteiger partial charge on any atom is 0.299 e. The predicted octanol–water partition coefficient (Wildman–Crippen LogP) is 3.68. The lowest BCUT2D eigenvalue weighted by molar-refractivity contribution is 0.411. The van der Waals surface area contributed by atoms with Crippen molar-refractivity contribution in [3.63, 3.8) is 0 Å². The summed E-state index contributed by atoms with van der Waals surface area (Å²) in [4.78, 5) is 0. The molecule has 2 aromatic rings. The zero-order chi connectivity index (χ0) is 11.7. The Bertz CT molecular complexity index is 532. The van der Waals surface area contributed by atoms with Crippen molar-refractivity contribution in [2.45, 2.75) is 6.92 Å². The van der Waals surface area contributed by atoms with Crippen LogP contribution >= 0.6 is 27.3 Å². The summed E-state index contributed by atoms with van der Waals surface area (Å²) in [6, 6.07) is 2.35. The lowest BCUT2D eigenvalue weighted by Crippen LogP contribution is -1.92. The van der Waals surface area contributed by atoms with Crippen LogP contribution in [0.2, 0.25) is 0 Å². The SMILES string of the molecule is Cc1nnc(Oc2cc(Br)cc(F)c2F)s1. The summed E-state index contributed by atoms with van der Waals surface area (Å²) in [7, 11) is 0. The Labute approximate surface area is 102 Å². The molecule has 0 radical (unpaired) electrons. The summed E-state index contributed by atoms with van der Waals surface area (Å²) >= 11 is 4.20. The number of aromatic nitrogens is 2. The molecular weight excluding hydrogens is 302 g/mol. The van der Waals surface area contributed by atoms with Gasteiger partial charge in [-0.3, -0.25) is 0 Å². The van der Waals surface area contributed by atoms with Crippen LogP contribution in [0.4, 0.5) is 8.78 Å². The first-order chi connectivity index (χ1) is 7.56. The van der Waals surface area contributed by atoms with Gasteiger partial charge in [0.15, 0.2) is 11.6 Å². The Kier molecular flexibility index (Phi) is 3.15. The zero-order valence-electron chi connectivity index (χ0n) is 8.00. The second kappa shape index (κ2) is 4.42. The molecule has 0 spiro atoms. The van der Waals surface area contributed by atoms with Gasteiger partial charge in [-0.15, -0.1) is 5.10 Å². The van der Waals surface area contributed by atoms with Crippen molar-refractivity contribution in [2.75, 3.05) is 0 Å². The van der Waals surface area contributed by atoms with E-state index >= 15 is 0 Å². The summed E-state index contributed by atoms with van der Waals surface area (Å²) < 4.78 is 31.8. The quantitative estimate of drug-likeness (QED) is 0.794. The van der Waals surface area contributed by atoms with Crippen molar-refractivity contribution in [1.82, 2.24) is 10.2 Å². The van der Waals surface area contributed by atoms with E-state index in [-0.39, 0.29) is 10.9 Å². The second-order valence-corrected chi connectivity index (χ2v) is 4.95. The molecule has 0 saturated heterocycles. The van der Waals surface area contributed by atoms with Crippen LogP contribution in [0.1, 0.15) is 5.01 Å². The highest BCUT2D eigenvalue weighted by Crippen LogP contribution is 2.30. The van der Waals surface area contributed by atoms with Gasteiger partial charge < -0.3 is 4.74 Å². The topological polar surface area (TPSA) is 35.0 Å². The van der Waals surface area contributed by atoms with E-state index in [0.29, 0.717) is 9.48 Å². The molecule has 0 aliphatic heterocycles. The highest BCUT2D eigenvalue weighted by Gasteiger charge is 2.13. The van der Waals surface area contributed by atoms with Gasteiger partial charge in [0, 0.05) is 4.47 Å². The second-order valence-electron chi connectivity index (χ2n) is 2.89. The maximum atomic E-state index is 13.3. The molecule has 16 heavy (non-hydrogen) atoms. The Morgan fingerprint density at radius 2 is 2.06 bits per heavy atom. The number of hydrogen-bond acceptors (Lipinski definition) is 4. The molecule has 84 valence electrons. The molecule has 1 aromatic heterocycles. The van der Waals surface area contributed by atoms with Gasteiger partial charge >= 0.3 is 0 Å². The molecule has 1 heterocycles. The molecule has 0 saturated carbocycles. The number of nitrogens with zero attached hydrogens (tertiary/aromatic N) is 2. The van der Waals surface area contributed by atoms with Gasteiger partial charge in [0.05, 0.1) is 0 Å². The van der Waals surface area contributed by atoms with Crippen molar-refractivity contribution < 1.29 is 13.5 Å². The smallest absolute Gasteiger partial charge is 0.299 e. The first kappa shape index (κ1) is 11.4. The van der Waals surface area contributed by atoms with E-state index in [1.807, 2.05) is 0 Å². The van der Waals surface area contributed by atoms with E-state index in [1.165, 1.54) is 6.07 Å². The van der Waals surface area contributed by atoms with Crippen molar-refractivity contribution in [2.24, 2.45) is 0 Å². The van der Waals surface area contributed by atoms with Gasteiger partial charge in [0.25, 0.3) is 5.19 Å². The monoisotopic (exact) mass is 306 g/mol. The minimum Gasteiger partial charge on any atom is -0.426 e. The van der Waals surface area contributed by atoms with Crippen LogP contribution in [-0.4, -0.2) is 10.2 Å². The Morgan fingerprint density at radius 3 is 2.69 bits per heavy atom. The number of rotatable bonds is 2. The standard InChI is InChI=1S/C9H5BrF2N2OS/c1-4-13-14-9(16-4)15-7-3-5(10)2-6(11)8(7)12/h2-3H,1H3. The zero-order valence-corrected chi connectivity index (χ0v) is 10.4. The van der Waals surface area contributed by atoms with Crippen molar-refractivity contribution >= 4 is 27.3 Å². The van der Waals surface area contributed by atoms with Crippen LogP contribution in [0.25, 0.3) is 0 Å². The van der Waals surface area contributed by atoms with Crippen LogP contribution < -0.4 is 4.74 Å². The molecule has 2 rings (SSSR count). The van der Waals surface area contributed by atoms with E-state index < -0.39 is 11.6 Å². The summed E-state index contributed by atoms with van der Waals surface area (Å²) in [5.41, 5.74) is 0. The lowest BCUT2D eigenvalue weighted by atomic mass is 10.3. The Morgan fingerprint density at radius 1 is 1.31 bits per heavy atom. The molecular formula is C9H5BrF2N2OS. The fourth-order valence-electron chi connectivity index (χ4n) is 1.02. The normalized spacial score (nSPS) is 10.5. The predicted molar refractivity (Wildman–Crippen MR) is 58.8 cm³/mol. The van der Waals surface area contributed by atoms with Gasteiger partial charge in [0.1, 0.15) is 5.01 Å². The summed E-state index contributed by atoms with van der Waals surface area (Å²) in [5.74, 6) is -2.25. The highest BCUT2D eigenvalue weighted by molar-refractivity contribution is 9.10. The van der Waals surface area contributed by atoms with Crippen molar-refractivity contribution in [3.05, 3.63) is 33.2 Å². The minimum atomic E-state index is -1.05. The van der Waals surface area contributed by atoms with Gasteiger partial charge in [-0.05, 0) is 19.1 Å². The van der Waals surface area contributed by atoms with Gasteiger partial charge in [0.2, 0.25) is 5.82 Å². The first-order valence-electron chi connectivity index (χ1n) is 4.19. The van der Waals surface area contributed by atoms with Crippen LogP contribution in [-0.2, 0) is 0 Å². The summed E-state index contributed by atoms with van der Waals surface area (Å²) in [6.07, 6.45) is 0. The van der Waals surface area contributed by atoms with E-state index in [9.17, 15) is 8.78 Å². The van der Waals surface area contributed by atoms with Crippen molar-refractivity contribution in [3.8, 4) is 10.9 Å². The number of aryl methyl sites for hydroxylation is 1. The molecule has 1 aromatic carbocycles. The summed E-state index contributed by atoms with van der Waals surface area (Å²) in [6.45, 7) is 1.74. The van der Waals surface area contributed by atoms with Gasteiger partial charge in [-0.2, -0.15) is 4.39 Å². The molecule has 3 nitrogen and oxygen atoms in total. The largest absolute Gasteiger partial charge is 0.426 e. The number of benzene rings is 1. The molecule has 0 atom stereocenters. The average molecular weight is 307 g/mol. The van der Waals surface area contributed by atoms with Gasteiger partial charge in [-0.25, -0.2) is 4.39 Å². The Hall–Kier alpha value is -1.08. The molecule has 0 unspecified atom stereocenters. The number of halogens is 3. The van der Waals surface area contributed by atoms with Crippen LogP contribution in [0.5, 0.6) is 10.9 Å². The third kappa shape index (κ3) is 2.35. The fourth-order valence-corrected chi connectivity index (χ4v) is 1.98. The average Bonchev–Trinajstić information content (AvgIpc) is 2.60. The van der Waals surface area contributed by atoms with Gasteiger partial charge in [-0.1, -0.05) is 32.4 Å². The molecule has 0 aliphatic carbocycles. The first-order valence-corrected chi connectivity index (χ1v) is 5.79. The van der Waals surface area contributed by atoms with E-state index in [2.05, 4.69) is 26.1 Å². The van der Waals surface area contributed by atoms with Crippen molar-refractivity contribution in [1.29, 1.82) is 0 Å². The molecule has 0 bridgehead atoms.